The Morgan fingerprint density at radius 1 is 0.348 bits per heavy atom. The highest BCUT2D eigenvalue weighted by Gasteiger charge is 2.20. The first-order valence-electron chi connectivity index (χ1n) is 31.8. The largest absolute Gasteiger partial charge is 0.466 e. The SMILES string of the molecule is CCCCCCCCCCCCCCCCCCC(O)C(CO)NC(=O)CCCCCCCCCCCCCCCCCCCCCCCCCCCOC(=O)CCCCCCCCCCCCC. The van der Waals surface area contributed by atoms with Crippen molar-refractivity contribution in [2.45, 2.75) is 379 Å². The second-order valence-corrected chi connectivity index (χ2v) is 22.1. The van der Waals surface area contributed by atoms with Crippen molar-refractivity contribution in [3.8, 4) is 0 Å². The third kappa shape index (κ3) is 56.0. The maximum atomic E-state index is 12.5. The molecule has 0 radical (unpaired) electrons. The fourth-order valence-corrected chi connectivity index (χ4v) is 10.3. The van der Waals surface area contributed by atoms with Gasteiger partial charge in [-0.3, -0.25) is 9.59 Å². The lowest BCUT2D eigenvalue weighted by atomic mass is 10.0. The molecule has 0 saturated heterocycles. The minimum Gasteiger partial charge on any atom is -0.466 e. The van der Waals surface area contributed by atoms with Crippen LogP contribution in [0.25, 0.3) is 0 Å². The van der Waals surface area contributed by atoms with Gasteiger partial charge in [0.15, 0.2) is 0 Å². The smallest absolute Gasteiger partial charge is 0.305 e. The first kappa shape index (κ1) is 67.9. The van der Waals surface area contributed by atoms with E-state index in [1.54, 1.807) is 0 Å². The summed E-state index contributed by atoms with van der Waals surface area (Å²) in [6.45, 7) is 4.98. The highest BCUT2D eigenvalue weighted by atomic mass is 16.5. The quantitative estimate of drug-likeness (QED) is 0.0417. The number of carbonyl (C=O) groups is 2. The van der Waals surface area contributed by atoms with E-state index in [0.717, 1.165) is 38.5 Å². The van der Waals surface area contributed by atoms with Crippen molar-refractivity contribution in [1.82, 2.24) is 5.32 Å². The van der Waals surface area contributed by atoms with E-state index in [0.29, 0.717) is 25.9 Å². The van der Waals surface area contributed by atoms with Gasteiger partial charge in [0, 0.05) is 12.8 Å². The Morgan fingerprint density at radius 3 is 0.884 bits per heavy atom. The zero-order chi connectivity index (χ0) is 50.0. The molecule has 0 aliphatic carbocycles. The molecule has 0 aromatic heterocycles. The third-order valence-electron chi connectivity index (χ3n) is 15.2. The van der Waals surface area contributed by atoms with Crippen LogP contribution < -0.4 is 5.32 Å². The topological polar surface area (TPSA) is 95.9 Å². The van der Waals surface area contributed by atoms with Crippen molar-refractivity contribution in [2.24, 2.45) is 0 Å². The summed E-state index contributed by atoms with van der Waals surface area (Å²) in [5, 5.41) is 23.3. The lowest BCUT2D eigenvalue weighted by Gasteiger charge is -2.22. The monoisotopic (exact) mass is 976 g/mol. The van der Waals surface area contributed by atoms with Crippen LogP contribution >= 0.6 is 0 Å². The van der Waals surface area contributed by atoms with Gasteiger partial charge in [-0.15, -0.1) is 0 Å². The van der Waals surface area contributed by atoms with Crippen molar-refractivity contribution in [1.29, 1.82) is 0 Å². The predicted octanol–water partition coefficient (Wildman–Crippen LogP) is 19.9. The summed E-state index contributed by atoms with van der Waals surface area (Å²) >= 11 is 0. The first-order chi connectivity index (χ1) is 34.0. The number of esters is 1. The molecule has 6 nitrogen and oxygen atoms in total. The molecule has 2 atom stereocenters. The number of ether oxygens (including phenoxy) is 1. The summed E-state index contributed by atoms with van der Waals surface area (Å²) in [6, 6.07) is -0.539. The van der Waals surface area contributed by atoms with Gasteiger partial charge in [-0.25, -0.2) is 0 Å². The summed E-state index contributed by atoms with van der Waals surface area (Å²) < 4.78 is 5.47. The summed E-state index contributed by atoms with van der Waals surface area (Å²) in [7, 11) is 0. The molecule has 69 heavy (non-hydrogen) atoms. The fraction of sp³-hybridized carbons (Fsp3) is 0.968. The second-order valence-electron chi connectivity index (χ2n) is 22.1. The number of nitrogens with one attached hydrogen (secondary N) is 1. The average Bonchev–Trinajstić information content (AvgIpc) is 3.35. The zero-order valence-electron chi connectivity index (χ0n) is 47.1. The van der Waals surface area contributed by atoms with Crippen LogP contribution in [0.4, 0.5) is 0 Å². The van der Waals surface area contributed by atoms with Crippen LogP contribution in [0.3, 0.4) is 0 Å². The molecule has 412 valence electrons. The molecular formula is C63H125NO5. The van der Waals surface area contributed by atoms with E-state index in [2.05, 4.69) is 19.2 Å². The summed E-state index contributed by atoms with van der Waals surface area (Å²) in [5.74, 6) is -0.0126. The van der Waals surface area contributed by atoms with Crippen molar-refractivity contribution in [3.05, 3.63) is 0 Å². The summed E-state index contributed by atoms with van der Waals surface area (Å²) in [6.07, 6.45) is 69.8. The normalized spacial score (nSPS) is 12.5. The minimum atomic E-state index is -0.662. The maximum absolute atomic E-state index is 12.5. The maximum Gasteiger partial charge on any atom is 0.305 e. The fourth-order valence-electron chi connectivity index (χ4n) is 10.3. The van der Waals surface area contributed by atoms with Crippen LogP contribution in [0.2, 0.25) is 0 Å². The molecule has 0 bridgehead atoms. The second kappa shape index (κ2) is 59.4. The van der Waals surface area contributed by atoms with E-state index in [-0.39, 0.29) is 18.5 Å². The summed E-state index contributed by atoms with van der Waals surface area (Å²) in [4.78, 5) is 24.5. The molecule has 0 aliphatic rings. The Morgan fingerprint density at radius 2 is 0.594 bits per heavy atom. The number of hydrogen-bond acceptors (Lipinski definition) is 5. The van der Waals surface area contributed by atoms with E-state index in [4.69, 9.17) is 4.74 Å². The van der Waals surface area contributed by atoms with Gasteiger partial charge in [-0.2, -0.15) is 0 Å². The molecule has 0 aliphatic heterocycles. The molecule has 0 aromatic carbocycles. The molecule has 0 fully saturated rings. The number of aliphatic hydroxyl groups is 2. The molecule has 6 heteroatoms. The Balaban J connectivity index is 3.35. The van der Waals surface area contributed by atoms with Gasteiger partial charge in [0.1, 0.15) is 0 Å². The standard InChI is InChI=1S/C63H125NO5/c1-3-5-7-9-11-13-15-16-17-29-32-36-39-43-47-51-55-61(66)60(59-65)64-62(67)56-52-48-44-40-37-33-30-27-25-23-21-19-18-20-22-24-26-28-31-34-38-42-46-50-54-58-69-63(68)57-53-49-45-41-35-14-12-10-8-6-4-2/h60-61,65-66H,3-59H2,1-2H3,(H,64,67). The Bertz CT molecular complexity index is 990. The molecule has 0 spiro atoms. The van der Waals surface area contributed by atoms with E-state index in [1.807, 2.05) is 0 Å². The molecule has 0 aromatic rings. The van der Waals surface area contributed by atoms with E-state index in [9.17, 15) is 19.8 Å². The van der Waals surface area contributed by atoms with Gasteiger partial charge in [-0.05, 0) is 25.7 Å². The highest BCUT2D eigenvalue weighted by molar-refractivity contribution is 5.76. The van der Waals surface area contributed by atoms with Gasteiger partial charge in [0.25, 0.3) is 0 Å². The predicted molar refractivity (Wildman–Crippen MR) is 301 cm³/mol. The zero-order valence-corrected chi connectivity index (χ0v) is 47.1. The van der Waals surface area contributed by atoms with Crippen molar-refractivity contribution in [2.75, 3.05) is 13.2 Å². The third-order valence-corrected chi connectivity index (χ3v) is 15.2. The molecule has 1 amide bonds. The number of unbranched alkanes of at least 4 members (excludes halogenated alkanes) is 49. The van der Waals surface area contributed by atoms with Crippen molar-refractivity contribution >= 4 is 11.9 Å². The number of aliphatic hydroxyl groups excluding tert-OH is 2. The van der Waals surface area contributed by atoms with Gasteiger partial charge in [0.05, 0.1) is 25.4 Å². The molecular weight excluding hydrogens is 851 g/mol. The number of carbonyl (C=O) groups excluding carboxylic acids is 2. The van der Waals surface area contributed by atoms with Crippen LogP contribution in [0, 0.1) is 0 Å². The van der Waals surface area contributed by atoms with Gasteiger partial charge in [0.2, 0.25) is 5.91 Å². The minimum absolute atomic E-state index is 0.0170. The first-order valence-corrected chi connectivity index (χ1v) is 31.8. The van der Waals surface area contributed by atoms with Gasteiger partial charge < -0.3 is 20.3 Å². The number of amides is 1. The molecule has 3 N–H and O–H groups in total. The van der Waals surface area contributed by atoms with Crippen LogP contribution in [-0.2, 0) is 14.3 Å². The van der Waals surface area contributed by atoms with Gasteiger partial charge >= 0.3 is 5.97 Å². The molecule has 0 heterocycles. The Labute approximate surface area is 432 Å². The molecule has 2 unspecified atom stereocenters. The average molecular weight is 977 g/mol. The lowest BCUT2D eigenvalue weighted by molar-refractivity contribution is -0.143. The van der Waals surface area contributed by atoms with Crippen LogP contribution in [0.1, 0.15) is 367 Å². The van der Waals surface area contributed by atoms with Crippen LogP contribution in [0.15, 0.2) is 0 Å². The van der Waals surface area contributed by atoms with Crippen LogP contribution in [-0.4, -0.2) is 47.4 Å². The summed E-state index contributed by atoms with van der Waals surface area (Å²) in [5.41, 5.74) is 0. The molecule has 0 saturated carbocycles. The lowest BCUT2D eigenvalue weighted by Crippen LogP contribution is -2.45. The number of rotatable bonds is 60. The van der Waals surface area contributed by atoms with E-state index < -0.39 is 12.1 Å². The number of hydrogen-bond donors (Lipinski definition) is 3. The van der Waals surface area contributed by atoms with E-state index in [1.165, 1.54) is 295 Å². The van der Waals surface area contributed by atoms with Crippen LogP contribution in [0.5, 0.6) is 0 Å². The Hall–Kier alpha value is -1.14. The highest BCUT2D eigenvalue weighted by Crippen LogP contribution is 2.19. The van der Waals surface area contributed by atoms with Crippen molar-refractivity contribution < 1.29 is 24.5 Å². The Kier molecular flexibility index (Phi) is 58.4. The van der Waals surface area contributed by atoms with E-state index >= 15 is 0 Å². The van der Waals surface area contributed by atoms with Gasteiger partial charge in [-0.1, -0.05) is 328 Å². The molecule has 0 rings (SSSR count). The van der Waals surface area contributed by atoms with Crippen molar-refractivity contribution in [3.63, 3.8) is 0 Å².